The van der Waals surface area contributed by atoms with Crippen LogP contribution in [0.4, 0.5) is 17.6 Å². The molecule has 0 bridgehead atoms. The highest BCUT2D eigenvalue weighted by Gasteiger charge is 2.34. The van der Waals surface area contributed by atoms with Crippen LogP contribution >= 0.6 is 0 Å². The van der Waals surface area contributed by atoms with Gasteiger partial charge in [-0.2, -0.15) is 13.2 Å². The Bertz CT molecular complexity index is 712. The van der Waals surface area contributed by atoms with Gasteiger partial charge in [-0.25, -0.2) is 4.39 Å². The maximum atomic E-state index is 13.0. The fraction of sp³-hybridized carbons (Fsp3) is 0.214. The summed E-state index contributed by atoms with van der Waals surface area (Å²) in [6.07, 6.45) is 0.389. The molecule has 1 aromatic heterocycles. The predicted molar refractivity (Wildman–Crippen MR) is 67.0 cm³/mol. The van der Waals surface area contributed by atoms with E-state index in [1.54, 1.807) is 0 Å². The third kappa shape index (κ3) is 3.54. The molecule has 2 rings (SSSR count). The van der Waals surface area contributed by atoms with E-state index in [9.17, 15) is 22.4 Å². The number of alkyl halides is 3. The number of carbonyl (C=O) groups is 1. The molecule has 7 heteroatoms. The van der Waals surface area contributed by atoms with Gasteiger partial charge >= 0.3 is 6.18 Å². The number of rotatable bonds is 3. The van der Waals surface area contributed by atoms with Crippen molar-refractivity contribution < 1.29 is 26.8 Å². The van der Waals surface area contributed by atoms with Gasteiger partial charge in [-0.05, 0) is 24.3 Å². The van der Waals surface area contributed by atoms with E-state index in [1.165, 1.54) is 12.1 Å². The molecule has 0 aliphatic carbocycles. The third-order valence-corrected chi connectivity index (χ3v) is 2.63. The molecule has 1 amide bonds. The van der Waals surface area contributed by atoms with Crippen LogP contribution in [-0.2, 0) is 0 Å². The molecule has 21 heavy (non-hydrogen) atoms. The van der Waals surface area contributed by atoms with Crippen molar-refractivity contribution >= 4 is 16.9 Å². The lowest BCUT2D eigenvalue weighted by molar-refractivity contribution is -0.139. The Balaban J connectivity index is 2.32. The Kier molecular flexibility index (Phi) is 3.89. The van der Waals surface area contributed by atoms with Gasteiger partial charge in [0.1, 0.15) is 17.9 Å². The number of halogens is 4. The maximum Gasteiger partial charge on any atom is 0.406 e. The molecule has 0 aliphatic heterocycles. The fourth-order valence-corrected chi connectivity index (χ4v) is 1.80. The minimum absolute atomic E-state index is 0.201. The van der Waals surface area contributed by atoms with Crippen molar-refractivity contribution in [3.05, 3.63) is 35.8 Å². The minimum atomic E-state index is -4.58. The Morgan fingerprint density at radius 1 is 1.33 bits per heavy atom. The zero-order valence-electron chi connectivity index (χ0n) is 10.6. The molecule has 0 fully saturated rings. The lowest BCUT2D eigenvalue weighted by Gasteiger charge is -2.20. The molecule has 0 radical (unpaired) electrons. The summed E-state index contributed by atoms with van der Waals surface area (Å²) < 4.78 is 55.4. The van der Waals surface area contributed by atoms with Crippen LogP contribution in [0, 0.1) is 18.2 Å². The molecule has 3 nitrogen and oxygen atoms in total. The molecule has 0 unspecified atom stereocenters. The Morgan fingerprint density at radius 2 is 2.05 bits per heavy atom. The van der Waals surface area contributed by atoms with Crippen molar-refractivity contribution in [2.45, 2.75) is 6.18 Å². The first-order valence-electron chi connectivity index (χ1n) is 5.79. The van der Waals surface area contributed by atoms with Crippen molar-refractivity contribution in [3.8, 4) is 12.3 Å². The first-order chi connectivity index (χ1) is 9.80. The number of fused-ring (bicyclic) bond motifs is 1. The molecular formula is C14H9F4NO2. The normalized spacial score (nSPS) is 11.4. The van der Waals surface area contributed by atoms with Crippen LogP contribution in [0.3, 0.4) is 0 Å². The van der Waals surface area contributed by atoms with Gasteiger partial charge in [0, 0.05) is 5.39 Å². The van der Waals surface area contributed by atoms with Crippen LogP contribution in [0.15, 0.2) is 28.7 Å². The molecule has 0 saturated carbocycles. The van der Waals surface area contributed by atoms with Crippen LogP contribution < -0.4 is 0 Å². The number of benzene rings is 1. The maximum absolute atomic E-state index is 13.0. The lowest BCUT2D eigenvalue weighted by atomic mass is 10.2. The van der Waals surface area contributed by atoms with Gasteiger partial charge in [-0.1, -0.05) is 5.92 Å². The Morgan fingerprint density at radius 3 is 2.67 bits per heavy atom. The number of nitrogens with zero attached hydrogens (tertiary/aromatic N) is 1. The number of furan rings is 1. The molecule has 0 saturated heterocycles. The van der Waals surface area contributed by atoms with Gasteiger partial charge in [0.2, 0.25) is 0 Å². The molecule has 0 aliphatic rings. The number of terminal acetylenes is 1. The van der Waals surface area contributed by atoms with Gasteiger partial charge in [0.15, 0.2) is 5.76 Å². The van der Waals surface area contributed by atoms with E-state index in [0.29, 0.717) is 4.90 Å². The van der Waals surface area contributed by atoms with Gasteiger partial charge < -0.3 is 9.32 Å². The van der Waals surface area contributed by atoms with Crippen molar-refractivity contribution in [3.63, 3.8) is 0 Å². The smallest absolute Gasteiger partial charge is 0.406 e. The second-order valence-electron chi connectivity index (χ2n) is 4.27. The third-order valence-electron chi connectivity index (χ3n) is 2.63. The molecule has 2 aromatic rings. The highest BCUT2D eigenvalue weighted by atomic mass is 19.4. The van der Waals surface area contributed by atoms with Gasteiger partial charge in [-0.15, -0.1) is 6.42 Å². The van der Waals surface area contributed by atoms with Crippen molar-refractivity contribution in [1.29, 1.82) is 0 Å². The molecular weight excluding hydrogens is 290 g/mol. The highest BCUT2D eigenvalue weighted by Crippen LogP contribution is 2.23. The van der Waals surface area contributed by atoms with E-state index in [0.717, 1.165) is 12.1 Å². The zero-order chi connectivity index (χ0) is 15.6. The van der Waals surface area contributed by atoms with Gasteiger partial charge in [0.25, 0.3) is 5.91 Å². The Labute approximate surface area is 117 Å². The second-order valence-corrected chi connectivity index (χ2v) is 4.27. The topological polar surface area (TPSA) is 33.5 Å². The average molecular weight is 299 g/mol. The largest absolute Gasteiger partial charge is 0.451 e. The minimum Gasteiger partial charge on any atom is -0.451 e. The summed E-state index contributed by atoms with van der Waals surface area (Å²) in [5, 5.41) is 0.283. The van der Waals surface area contributed by atoms with E-state index in [1.807, 2.05) is 5.92 Å². The van der Waals surface area contributed by atoms with Crippen LogP contribution in [0.2, 0.25) is 0 Å². The van der Waals surface area contributed by atoms with E-state index in [2.05, 4.69) is 0 Å². The lowest BCUT2D eigenvalue weighted by Crippen LogP contribution is -2.39. The predicted octanol–water partition coefficient (Wildman–Crippen LogP) is 3.21. The van der Waals surface area contributed by atoms with Crippen molar-refractivity contribution in [2.75, 3.05) is 13.1 Å². The number of carbonyl (C=O) groups excluding carboxylic acids is 1. The highest BCUT2D eigenvalue weighted by molar-refractivity contribution is 5.96. The monoisotopic (exact) mass is 299 g/mol. The average Bonchev–Trinajstić information content (AvgIpc) is 2.78. The number of hydrogen-bond acceptors (Lipinski definition) is 2. The van der Waals surface area contributed by atoms with E-state index < -0.39 is 31.0 Å². The summed E-state index contributed by atoms with van der Waals surface area (Å²) in [5.41, 5.74) is 0.201. The number of hydrogen-bond donors (Lipinski definition) is 0. The molecule has 0 N–H and O–H groups in total. The standard InChI is InChI=1S/C14H9F4NO2/c1-2-5-19(8-14(16,17)18)13(20)12-7-9-6-10(15)3-4-11(9)21-12/h1,3-4,6-7H,5,8H2. The van der Waals surface area contributed by atoms with Crippen LogP contribution in [0.25, 0.3) is 11.0 Å². The fourth-order valence-electron chi connectivity index (χ4n) is 1.80. The summed E-state index contributed by atoms with van der Waals surface area (Å²) in [7, 11) is 0. The number of amides is 1. The summed E-state index contributed by atoms with van der Waals surface area (Å²) in [5.74, 6) is 0.122. The SMILES string of the molecule is C#CCN(CC(F)(F)F)C(=O)c1cc2cc(F)ccc2o1. The molecule has 0 spiro atoms. The van der Waals surface area contributed by atoms with Gasteiger partial charge in [-0.3, -0.25) is 4.79 Å². The van der Waals surface area contributed by atoms with Crippen LogP contribution in [0.5, 0.6) is 0 Å². The van der Waals surface area contributed by atoms with E-state index in [4.69, 9.17) is 10.8 Å². The Hall–Kier alpha value is -2.49. The summed E-state index contributed by atoms with van der Waals surface area (Å²) in [6.45, 7) is -1.99. The molecule has 1 heterocycles. The molecule has 0 atom stereocenters. The summed E-state index contributed by atoms with van der Waals surface area (Å²) >= 11 is 0. The summed E-state index contributed by atoms with van der Waals surface area (Å²) in [4.78, 5) is 12.4. The first kappa shape index (κ1) is 14.9. The second kappa shape index (κ2) is 5.48. The van der Waals surface area contributed by atoms with Gasteiger partial charge in [0.05, 0.1) is 6.54 Å². The quantitative estimate of drug-likeness (QED) is 0.644. The van der Waals surface area contributed by atoms with Crippen LogP contribution in [0.1, 0.15) is 10.6 Å². The van der Waals surface area contributed by atoms with Crippen LogP contribution in [-0.4, -0.2) is 30.1 Å². The van der Waals surface area contributed by atoms with E-state index >= 15 is 0 Å². The zero-order valence-corrected chi connectivity index (χ0v) is 10.6. The van der Waals surface area contributed by atoms with Crippen molar-refractivity contribution in [2.24, 2.45) is 0 Å². The van der Waals surface area contributed by atoms with Crippen molar-refractivity contribution in [1.82, 2.24) is 4.90 Å². The summed E-state index contributed by atoms with van der Waals surface area (Å²) in [6, 6.07) is 4.71. The van der Waals surface area contributed by atoms with E-state index in [-0.39, 0.29) is 16.7 Å². The molecule has 1 aromatic carbocycles. The first-order valence-corrected chi connectivity index (χ1v) is 5.79. The molecule has 110 valence electrons.